The second-order valence-electron chi connectivity index (χ2n) is 6.52. The van der Waals surface area contributed by atoms with Gasteiger partial charge in [-0.05, 0) is 38.5 Å². The minimum atomic E-state index is 0.574. The van der Waals surface area contributed by atoms with E-state index in [4.69, 9.17) is 4.52 Å². The summed E-state index contributed by atoms with van der Waals surface area (Å²) in [5.74, 6) is 2.37. The SMILES string of the molecule is C1CCC(N(Cc2noc(C3CC3)n2)C2CC2)CC1. The lowest BCUT2D eigenvalue weighted by Gasteiger charge is -2.33. The minimum Gasteiger partial charge on any atom is -0.339 e. The third-order valence-electron chi connectivity index (χ3n) is 4.79. The normalized spacial score (nSPS) is 25.1. The van der Waals surface area contributed by atoms with Crippen LogP contribution in [-0.2, 0) is 6.54 Å². The van der Waals surface area contributed by atoms with Gasteiger partial charge in [-0.25, -0.2) is 0 Å². The van der Waals surface area contributed by atoms with Gasteiger partial charge in [-0.15, -0.1) is 0 Å². The maximum Gasteiger partial charge on any atom is 0.229 e. The zero-order chi connectivity index (χ0) is 12.7. The number of hydrogen-bond acceptors (Lipinski definition) is 4. The number of nitrogens with zero attached hydrogens (tertiary/aromatic N) is 3. The van der Waals surface area contributed by atoms with Gasteiger partial charge in [0.2, 0.25) is 5.89 Å². The fourth-order valence-corrected chi connectivity index (χ4v) is 3.37. The van der Waals surface area contributed by atoms with Gasteiger partial charge >= 0.3 is 0 Å². The van der Waals surface area contributed by atoms with E-state index in [2.05, 4.69) is 15.0 Å². The fourth-order valence-electron chi connectivity index (χ4n) is 3.37. The van der Waals surface area contributed by atoms with Crippen LogP contribution in [0.4, 0.5) is 0 Å². The molecule has 0 N–H and O–H groups in total. The van der Waals surface area contributed by atoms with Crippen molar-refractivity contribution in [1.82, 2.24) is 15.0 Å². The molecule has 4 heteroatoms. The Kier molecular flexibility index (Phi) is 3.06. The second kappa shape index (κ2) is 4.89. The van der Waals surface area contributed by atoms with Crippen molar-refractivity contribution in [3.8, 4) is 0 Å². The summed E-state index contributed by atoms with van der Waals surface area (Å²) in [6.07, 6.45) is 12.1. The van der Waals surface area contributed by atoms with Gasteiger partial charge in [0.25, 0.3) is 0 Å². The van der Waals surface area contributed by atoms with Crippen molar-refractivity contribution in [2.24, 2.45) is 0 Å². The Morgan fingerprint density at radius 3 is 2.37 bits per heavy atom. The third-order valence-corrected chi connectivity index (χ3v) is 4.79. The van der Waals surface area contributed by atoms with Gasteiger partial charge in [-0.2, -0.15) is 4.98 Å². The van der Waals surface area contributed by atoms with Crippen molar-refractivity contribution < 1.29 is 4.52 Å². The quantitative estimate of drug-likeness (QED) is 0.816. The van der Waals surface area contributed by atoms with Crippen LogP contribution >= 0.6 is 0 Å². The van der Waals surface area contributed by atoms with E-state index in [9.17, 15) is 0 Å². The summed E-state index contributed by atoms with van der Waals surface area (Å²) in [4.78, 5) is 7.26. The summed E-state index contributed by atoms with van der Waals surface area (Å²) < 4.78 is 5.39. The van der Waals surface area contributed by atoms with Gasteiger partial charge in [0, 0.05) is 18.0 Å². The van der Waals surface area contributed by atoms with Crippen molar-refractivity contribution in [1.29, 1.82) is 0 Å². The van der Waals surface area contributed by atoms with Crippen LogP contribution < -0.4 is 0 Å². The first-order valence-electron chi connectivity index (χ1n) is 7.98. The summed E-state index contributed by atoms with van der Waals surface area (Å²) in [7, 11) is 0. The highest BCUT2D eigenvalue weighted by molar-refractivity contribution is 5.02. The predicted molar refractivity (Wildman–Crippen MR) is 71.7 cm³/mol. The Bertz CT molecular complexity index is 430. The van der Waals surface area contributed by atoms with E-state index in [-0.39, 0.29) is 0 Å². The monoisotopic (exact) mass is 261 g/mol. The van der Waals surface area contributed by atoms with E-state index in [0.717, 1.165) is 30.3 Å². The lowest BCUT2D eigenvalue weighted by Crippen LogP contribution is -2.38. The number of rotatable bonds is 5. The van der Waals surface area contributed by atoms with Crippen LogP contribution in [0.2, 0.25) is 0 Å². The average Bonchev–Trinajstić information content (AvgIpc) is 3.37. The Labute approximate surface area is 114 Å². The van der Waals surface area contributed by atoms with E-state index in [0.29, 0.717) is 5.92 Å². The maximum absolute atomic E-state index is 5.39. The first kappa shape index (κ1) is 11.9. The lowest BCUT2D eigenvalue weighted by molar-refractivity contribution is 0.134. The molecule has 104 valence electrons. The highest BCUT2D eigenvalue weighted by Crippen LogP contribution is 2.39. The van der Waals surface area contributed by atoms with Gasteiger partial charge < -0.3 is 4.52 Å². The zero-order valence-electron chi connectivity index (χ0n) is 11.6. The molecule has 0 radical (unpaired) electrons. The molecule has 0 spiro atoms. The molecule has 4 rings (SSSR count). The van der Waals surface area contributed by atoms with E-state index in [1.807, 2.05) is 0 Å². The van der Waals surface area contributed by atoms with Gasteiger partial charge in [-0.1, -0.05) is 24.4 Å². The van der Waals surface area contributed by atoms with Crippen molar-refractivity contribution >= 4 is 0 Å². The highest BCUT2D eigenvalue weighted by atomic mass is 16.5. The molecule has 4 nitrogen and oxygen atoms in total. The number of hydrogen-bond donors (Lipinski definition) is 0. The second-order valence-corrected chi connectivity index (χ2v) is 6.52. The molecule has 0 saturated heterocycles. The highest BCUT2D eigenvalue weighted by Gasteiger charge is 2.36. The van der Waals surface area contributed by atoms with Crippen molar-refractivity contribution in [2.75, 3.05) is 0 Å². The van der Waals surface area contributed by atoms with E-state index < -0.39 is 0 Å². The van der Waals surface area contributed by atoms with E-state index in [1.54, 1.807) is 0 Å². The molecule has 0 amide bonds. The molecule has 3 fully saturated rings. The molecular weight excluding hydrogens is 238 g/mol. The zero-order valence-corrected chi connectivity index (χ0v) is 11.6. The molecule has 0 aliphatic heterocycles. The summed E-state index contributed by atoms with van der Waals surface area (Å²) in [5.41, 5.74) is 0. The van der Waals surface area contributed by atoms with Gasteiger partial charge in [0.1, 0.15) is 0 Å². The molecule has 1 aromatic rings. The van der Waals surface area contributed by atoms with Crippen LogP contribution in [0.25, 0.3) is 0 Å². The molecule has 3 saturated carbocycles. The molecule has 0 aromatic carbocycles. The van der Waals surface area contributed by atoms with Crippen molar-refractivity contribution in [3.63, 3.8) is 0 Å². The molecule has 1 heterocycles. The lowest BCUT2D eigenvalue weighted by atomic mass is 9.94. The maximum atomic E-state index is 5.39. The molecule has 0 atom stereocenters. The first-order valence-corrected chi connectivity index (χ1v) is 7.98. The molecule has 1 aromatic heterocycles. The Hall–Kier alpha value is -0.900. The Morgan fingerprint density at radius 2 is 1.68 bits per heavy atom. The molecular formula is C15H23N3O. The molecule has 0 unspecified atom stereocenters. The molecule has 19 heavy (non-hydrogen) atoms. The van der Waals surface area contributed by atoms with Crippen LogP contribution in [0.15, 0.2) is 4.52 Å². The summed E-state index contributed by atoms with van der Waals surface area (Å²) >= 11 is 0. The molecule has 0 bridgehead atoms. The van der Waals surface area contributed by atoms with Crippen molar-refractivity contribution in [3.05, 3.63) is 11.7 Å². The first-order chi connectivity index (χ1) is 9.40. The summed E-state index contributed by atoms with van der Waals surface area (Å²) in [6, 6.07) is 1.56. The largest absolute Gasteiger partial charge is 0.339 e. The Balaban J connectivity index is 1.44. The van der Waals surface area contributed by atoms with Crippen LogP contribution in [0.3, 0.4) is 0 Å². The standard InChI is InChI=1S/C15H23N3O/c1-2-4-12(5-3-1)18(13-8-9-13)10-14-16-15(19-17-14)11-6-7-11/h11-13H,1-10H2. The summed E-state index contributed by atoms with van der Waals surface area (Å²) in [5, 5.41) is 4.19. The van der Waals surface area contributed by atoms with E-state index >= 15 is 0 Å². The molecule has 3 aliphatic carbocycles. The fraction of sp³-hybridized carbons (Fsp3) is 0.867. The van der Waals surface area contributed by atoms with Gasteiger partial charge in [0.15, 0.2) is 5.82 Å². The van der Waals surface area contributed by atoms with Crippen molar-refractivity contribution in [2.45, 2.75) is 82.3 Å². The molecule has 3 aliphatic rings. The topological polar surface area (TPSA) is 42.2 Å². The predicted octanol–water partition coefficient (Wildman–Crippen LogP) is 3.24. The van der Waals surface area contributed by atoms with Crippen LogP contribution in [0.5, 0.6) is 0 Å². The summed E-state index contributed by atoms with van der Waals surface area (Å²) in [6.45, 7) is 0.908. The average molecular weight is 261 g/mol. The Morgan fingerprint density at radius 1 is 0.947 bits per heavy atom. The van der Waals surface area contributed by atoms with Gasteiger partial charge in [0.05, 0.1) is 6.54 Å². The van der Waals surface area contributed by atoms with Crippen LogP contribution in [0.1, 0.15) is 75.4 Å². The minimum absolute atomic E-state index is 0.574. The smallest absolute Gasteiger partial charge is 0.229 e. The van der Waals surface area contributed by atoms with Gasteiger partial charge in [-0.3, -0.25) is 4.90 Å². The number of aromatic nitrogens is 2. The van der Waals surface area contributed by atoms with E-state index in [1.165, 1.54) is 57.8 Å². The van der Waals surface area contributed by atoms with Crippen LogP contribution in [0, 0.1) is 0 Å². The third kappa shape index (κ3) is 2.69. The van der Waals surface area contributed by atoms with Crippen LogP contribution in [-0.4, -0.2) is 27.1 Å².